The molecule has 0 spiro atoms. The van der Waals surface area contributed by atoms with Crippen LogP contribution in [0.15, 0.2) is 273 Å². The lowest BCUT2D eigenvalue weighted by atomic mass is 9.76. The number of benzene rings is 9. The molecule has 14 heteroatoms. The van der Waals surface area contributed by atoms with E-state index < -0.39 is 43.9 Å². The molecule has 3 aliphatic rings. The van der Waals surface area contributed by atoms with Gasteiger partial charge in [-0.1, -0.05) is 315 Å². The normalized spacial score (nSPS) is 18.7. The molecule has 3 fully saturated rings. The molecule has 6 atom stereocenters. The molecular weight excluding hydrogens is 1180 g/mol. The third kappa shape index (κ3) is 14.7. The Morgan fingerprint density at radius 1 is 0.370 bits per heavy atom. The molecule has 0 aromatic heterocycles. The van der Waals surface area contributed by atoms with Crippen LogP contribution in [0.4, 0.5) is 0 Å². The molecule has 0 saturated carbocycles. The lowest BCUT2D eigenvalue weighted by molar-refractivity contribution is -0.149. The van der Waals surface area contributed by atoms with Crippen LogP contribution in [0.2, 0.25) is 0 Å². The second-order valence-electron chi connectivity index (χ2n) is 24.9. The molecule has 12 nitrogen and oxygen atoms in total. The largest absolute Gasteiger partial charge is 0.356 e. The predicted molar refractivity (Wildman–Crippen MR) is 371 cm³/mol. The van der Waals surface area contributed by atoms with Crippen LogP contribution in [-0.4, -0.2) is 79.4 Å². The summed E-state index contributed by atoms with van der Waals surface area (Å²) in [4.78, 5) is 38.0. The van der Waals surface area contributed by atoms with Crippen molar-refractivity contribution in [1.29, 1.82) is 0 Å². The second kappa shape index (κ2) is 30.3. The average Bonchev–Trinajstić information content (AvgIpc) is 0.758. The highest BCUT2D eigenvalue weighted by molar-refractivity contribution is 8.00. The lowest BCUT2D eigenvalue weighted by Crippen LogP contribution is -2.74. The first-order chi connectivity index (χ1) is 44.6. The van der Waals surface area contributed by atoms with Crippen LogP contribution in [0.25, 0.3) is 0 Å². The quantitative estimate of drug-likeness (QED) is 0.0253. The Balaban J connectivity index is 0.000000151. The van der Waals surface area contributed by atoms with Gasteiger partial charge in [0.15, 0.2) is 21.4 Å². The summed E-state index contributed by atoms with van der Waals surface area (Å²) in [5, 5.41) is 18.7. The van der Waals surface area contributed by atoms with E-state index in [1.54, 1.807) is 0 Å². The Morgan fingerprint density at radius 3 is 0.891 bits per heavy atom. The summed E-state index contributed by atoms with van der Waals surface area (Å²) in [5.41, 5.74) is 7.15. The third-order valence-electron chi connectivity index (χ3n) is 16.8. The van der Waals surface area contributed by atoms with E-state index in [-0.39, 0.29) is 47.0 Å². The van der Waals surface area contributed by atoms with E-state index in [1.807, 2.05) is 189 Å². The first-order valence-corrected chi connectivity index (χ1v) is 34.5. The van der Waals surface area contributed by atoms with Gasteiger partial charge in [0.1, 0.15) is 18.1 Å². The number of thioether (sulfide) groups is 1. The topological polar surface area (TPSA) is 167 Å². The zero-order chi connectivity index (χ0) is 64.7. The van der Waals surface area contributed by atoms with E-state index >= 15 is 0 Å². The van der Waals surface area contributed by atoms with Gasteiger partial charge in [-0.05, 0) is 73.6 Å². The maximum atomic E-state index is 13.0. The fourth-order valence-corrected chi connectivity index (χ4v) is 15.6. The molecule has 0 bridgehead atoms. The molecule has 0 unspecified atom stereocenters. The molecular formula is C78H84N6O6S2. The molecule has 12 rings (SSSR count). The number of sulfone groups is 1. The van der Waals surface area contributed by atoms with Crippen LogP contribution in [-0.2, 0) is 45.6 Å². The van der Waals surface area contributed by atoms with Crippen LogP contribution in [0.1, 0.15) is 91.6 Å². The molecule has 0 radical (unpaired) electrons. The van der Waals surface area contributed by atoms with E-state index in [4.69, 9.17) is 4.74 Å². The fourth-order valence-electron chi connectivity index (χ4n) is 12.4. The van der Waals surface area contributed by atoms with Crippen LogP contribution in [0.5, 0.6) is 0 Å². The molecule has 3 heterocycles. The van der Waals surface area contributed by atoms with Crippen molar-refractivity contribution in [2.24, 2.45) is 17.8 Å². The van der Waals surface area contributed by atoms with E-state index in [9.17, 15) is 22.8 Å². The summed E-state index contributed by atoms with van der Waals surface area (Å²) in [6.45, 7) is 12.9. The minimum atomic E-state index is -3.52. The smallest absolute Gasteiger partial charge is 0.243 e. The van der Waals surface area contributed by atoms with Crippen molar-refractivity contribution in [2.45, 2.75) is 93.3 Å². The molecule has 3 amide bonds. The van der Waals surface area contributed by atoms with Gasteiger partial charge in [0, 0.05) is 0 Å². The van der Waals surface area contributed by atoms with E-state index in [1.165, 1.54) is 0 Å². The third-order valence-corrected chi connectivity index (χ3v) is 20.7. The van der Waals surface area contributed by atoms with Crippen molar-refractivity contribution in [2.75, 3.05) is 18.1 Å². The summed E-state index contributed by atoms with van der Waals surface area (Å²) < 4.78 is 32.0. The van der Waals surface area contributed by atoms with Crippen LogP contribution in [0.3, 0.4) is 0 Å². The number of hydrogen-bond acceptors (Lipinski definition) is 10. The molecule has 92 heavy (non-hydrogen) atoms. The maximum absolute atomic E-state index is 13.0. The minimum Gasteiger partial charge on any atom is -0.356 e. The number of carbonyl (C=O) groups excluding carboxylic acids is 3. The Labute approximate surface area is 547 Å². The van der Waals surface area contributed by atoms with Crippen molar-refractivity contribution < 1.29 is 27.5 Å². The van der Waals surface area contributed by atoms with Gasteiger partial charge in [-0.3, -0.25) is 30.3 Å². The number of amides is 3. The summed E-state index contributed by atoms with van der Waals surface area (Å²) in [5.74, 6) is 1.68. The monoisotopic (exact) mass is 1260 g/mol. The summed E-state index contributed by atoms with van der Waals surface area (Å²) in [6.07, 6.45) is -0.351. The van der Waals surface area contributed by atoms with Gasteiger partial charge in [-0.15, -0.1) is 11.8 Å². The molecule has 474 valence electrons. The number of ether oxygens (including phenoxy) is 1. The highest BCUT2D eigenvalue weighted by Gasteiger charge is 2.53. The van der Waals surface area contributed by atoms with Crippen LogP contribution in [0, 0.1) is 17.8 Å². The standard InChI is InChI=1S/C26H28N2O3S.C26H28N2O2.C26H28N2OS/c1-19(2)18-32(30,31)25-23(24(29)27-25)28-26(20-12-6-3-7-13-20,21-14-8-4-9-15-21)22-16-10-5-11-17-22;2*1-19(2)18-30-25-23(24(29)27-25)28-26(20-12-6-3-7-13-20,21-14-8-4-9-15-21)22-16-10-5-11-17-22/h3-17,19,23,25,28H,18H2,1-2H3,(H,27,29);2*3-17,19,23,25,28H,18H2,1-2H3,(H,27,29)/t3*23-,25-/m111/s1. The fraction of sp³-hybridized carbons (Fsp3) is 0.269. The number of nitrogens with one attached hydrogen (secondary N) is 6. The average molecular weight is 1270 g/mol. The van der Waals surface area contributed by atoms with Crippen molar-refractivity contribution >= 4 is 39.3 Å². The van der Waals surface area contributed by atoms with E-state index in [0.29, 0.717) is 18.4 Å². The first-order valence-electron chi connectivity index (χ1n) is 31.8. The number of carbonyl (C=O) groups is 3. The molecule has 6 N–H and O–H groups in total. The molecule has 3 aliphatic heterocycles. The van der Waals surface area contributed by atoms with Crippen molar-refractivity contribution in [1.82, 2.24) is 31.9 Å². The van der Waals surface area contributed by atoms with Gasteiger partial charge in [0.25, 0.3) is 0 Å². The summed E-state index contributed by atoms with van der Waals surface area (Å²) in [6, 6.07) is 90.1. The number of β-lactam (4-membered cyclic amide) rings is 3. The molecule has 3 saturated heterocycles. The lowest BCUT2D eigenvalue weighted by Gasteiger charge is -2.45. The Kier molecular flexibility index (Phi) is 21.9. The SMILES string of the molecule is CC(C)CO[C@H]1NC(=O)[C@H]1NC(c1ccccc1)(c1ccccc1)c1ccccc1.CC(C)CS(=O)(=O)[C@H]1NC(=O)[C@H]1NC(c1ccccc1)(c1ccccc1)c1ccccc1.CC(C)CS[C@H]1NC(=O)[C@H]1NC(c1ccccc1)(c1ccccc1)c1ccccc1. The molecule has 9 aromatic rings. The van der Waals surface area contributed by atoms with Gasteiger partial charge < -0.3 is 20.7 Å². The molecule has 0 aliphatic carbocycles. The maximum Gasteiger partial charge on any atom is 0.243 e. The van der Waals surface area contributed by atoms with Gasteiger partial charge in [-0.2, -0.15) is 0 Å². The van der Waals surface area contributed by atoms with Crippen molar-refractivity contribution in [3.63, 3.8) is 0 Å². The number of rotatable bonds is 24. The van der Waals surface area contributed by atoms with Crippen LogP contribution < -0.4 is 31.9 Å². The Bertz CT molecular complexity index is 3450. The van der Waals surface area contributed by atoms with Gasteiger partial charge >= 0.3 is 0 Å². The zero-order valence-corrected chi connectivity index (χ0v) is 54.7. The zero-order valence-electron chi connectivity index (χ0n) is 53.1. The minimum absolute atomic E-state index is 0.0190. The second-order valence-corrected chi connectivity index (χ2v) is 28.2. The van der Waals surface area contributed by atoms with E-state index in [2.05, 4.69) is 169 Å². The highest BCUT2D eigenvalue weighted by Crippen LogP contribution is 2.42. The Morgan fingerprint density at radius 2 is 0.641 bits per heavy atom. The summed E-state index contributed by atoms with van der Waals surface area (Å²) >= 11 is 1.81. The van der Waals surface area contributed by atoms with Gasteiger partial charge in [-0.25, -0.2) is 8.42 Å². The molecule has 9 aromatic carbocycles. The van der Waals surface area contributed by atoms with Gasteiger partial charge in [0.05, 0.1) is 34.4 Å². The number of hydrogen-bond donors (Lipinski definition) is 6. The van der Waals surface area contributed by atoms with Crippen molar-refractivity contribution in [3.05, 3.63) is 323 Å². The highest BCUT2D eigenvalue weighted by atomic mass is 32.2. The van der Waals surface area contributed by atoms with Crippen LogP contribution >= 0.6 is 11.8 Å². The first kappa shape index (κ1) is 66.5. The predicted octanol–water partition coefficient (Wildman–Crippen LogP) is 12.3. The summed E-state index contributed by atoms with van der Waals surface area (Å²) in [7, 11) is -3.52. The van der Waals surface area contributed by atoms with E-state index in [0.717, 1.165) is 55.8 Å². The Hall–Kier alpha value is -8.47. The van der Waals surface area contributed by atoms with Crippen molar-refractivity contribution in [3.8, 4) is 0 Å². The van der Waals surface area contributed by atoms with Gasteiger partial charge in [0.2, 0.25) is 17.7 Å².